The smallest absolute Gasteiger partial charge is 0.315 e. The molecular formula is C15H19N5O2S. The molecule has 0 aliphatic heterocycles. The Hall–Kier alpha value is -2.48. The van der Waals surface area contributed by atoms with Crippen LogP contribution < -0.4 is 16.0 Å². The summed E-state index contributed by atoms with van der Waals surface area (Å²) in [7, 11) is 0. The molecule has 0 saturated carbocycles. The number of benzene rings is 1. The van der Waals surface area contributed by atoms with Gasteiger partial charge in [0.05, 0.1) is 0 Å². The molecule has 1 unspecified atom stereocenters. The van der Waals surface area contributed by atoms with Crippen molar-refractivity contribution >= 4 is 28.4 Å². The number of nitrogens with zero attached hydrogens (tertiary/aromatic N) is 2. The lowest BCUT2D eigenvalue weighted by Gasteiger charge is -2.12. The van der Waals surface area contributed by atoms with Gasteiger partial charge in [0.1, 0.15) is 11.0 Å². The number of anilines is 1. The van der Waals surface area contributed by atoms with E-state index in [0.29, 0.717) is 11.7 Å². The first kappa shape index (κ1) is 16.9. The number of aryl methyl sites for hydroxylation is 1. The van der Waals surface area contributed by atoms with Crippen LogP contribution in [-0.2, 0) is 4.79 Å². The van der Waals surface area contributed by atoms with E-state index in [2.05, 4.69) is 26.1 Å². The Morgan fingerprint density at radius 3 is 2.57 bits per heavy atom. The van der Waals surface area contributed by atoms with E-state index in [9.17, 15) is 9.59 Å². The first-order chi connectivity index (χ1) is 11.0. The zero-order valence-electron chi connectivity index (χ0n) is 13.2. The number of hydrogen-bond acceptors (Lipinski definition) is 5. The summed E-state index contributed by atoms with van der Waals surface area (Å²) in [4.78, 5) is 23.4. The molecule has 0 radical (unpaired) electrons. The number of carbonyl (C=O) groups is 2. The van der Waals surface area contributed by atoms with Crippen LogP contribution in [0.5, 0.6) is 0 Å². The number of rotatable bonds is 5. The van der Waals surface area contributed by atoms with Gasteiger partial charge in [0.2, 0.25) is 11.0 Å². The average molecular weight is 333 g/mol. The summed E-state index contributed by atoms with van der Waals surface area (Å²) in [5.41, 5.74) is 2.11. The summed E-state index contributed by atoms with van der Waals surface area (Å²) in [6.45, 7) is 5.92. The van der Waals surface area contributed by atoms with E-state index in [1.165, 1.54) is 11.3 Å². The Morgan fingerprint density at radius 1 is 1.22 bits per heavy atom. The van der Waals surface area contributed by atoms with Crippen molar-refractivity contribution in [3.05, 3.63) is 29.8 Å². The summed E-state index contributed by atoms with van der Waals surface area (Å²) >= 11 is 1.28. The minimum atomic E-state index is -0.673. The quantitative estimate of drug-likeness (QED) is 0.781. The monoisotopic (exact) mass is 333 g/mol. The van der Waals surface area contributed by atoms with Gasteiger partial charge in [-0.15, -0.1) is 10.2 Å². The van der Waals surface area contributed by atoms with E-state index in [-0.39, 0.29) is 11.9 Å². The van der Waals surface area contributed by atoms with Crippen molar-refractivity contribution in [2.24, 2.45) is 0 Å². The minimum absolute atomic E-state index is 0.345. The van der Waals surface area contributed by atoms with Gasteiger partial charge in [-0.3, -0.25) is 10.1 Å². The number of hydrogen-bond donors (Lipinski definition) is 3. The van der Waals surface area contributed by atoms with E-state index >= 15 is 0 Å². The molecule has 7 nitrogen and oxygen atoms in total. The van der Waals surface area contributed by atoms with Gasteiger partial charge in [0.15, 0.2) is 0 Å². The van der Waals surface area contributed by atoms with Gasteiger partial charge in [0, 0.05) is 12.1 Å². The lowest BCUT2D eigenvalue weighted by Crippen LogP contribution is -2.46. The average Bonchev–Trinajstić information content (AvgIpc) is 2.96. The highest BCUT2D eigenvalue weighted by Gasteiger charge is 2.17. The first-order valence-electron chi connectivity index (χ1n) is 7.25. The van der Waals surface area contributed by atoms with E-state index in [1.54, 1.807) is 13.8 Å². The zero-order chi connectivity index (χ0) is 16.8. The van der Waals surface area contributed by atoms with Gasteiger partial charge in [-0.2, -0.15) is 0 Å². The summed E-state index contributed by atoms with van der Waals surface area (Å²) in [6, 6.07) is 6.85. The molecule has 0 fully saturated rings. The third-order valence-electron chi connectivity index (χ3n) is 3.03. The van der Waals surface area contributed by atoms with Crippen LogP contribution in [0.2, 0.25) is 0 Å². The van der Waals surface area contributed by atoms with Crippen LogP contribution in [0.3, 0.4) is 0 Å². The molecule has 0 aliphatic rings. The fourth-order valence-electron chi connectivity index (χ4n) is 1.77. The third-order valence-corrected chi connectivity index (χ3v) is 3.92. The molecule has 1 heterocycles. The van der Waals surface area contributed by atoms with Crippen molar-refractivity contribution < 1.29 is 9.59 Å². The number of amides is 3. The van der Waals surface area contributed by atoms with Crippen LogP contribution in [0.15, 0.2) is 24.3 Å². The van der Waals surface area contributed by atoms with Crippen molar-refractivity contribution in [3.8, 4) is 10.6 Å². The molecule has 23 heavy (non-hydrogen) atoms. The number of nitrogens with one attached hydrogen (secondary N) is 3. The molecule has 1 atom stereocenters. The lowest BCUT2D eigenvalue weighted by atomic mass is 10.2. The zero-order valence-corrected chi connectivity index (χ0v) is 14.0. The van der Waals surface area contributed by atoms with Gasteiger partial charge in [-0.25, -0.2) is 4.79 Å². The molecule has 3 N–H and O–H groups in total. The van der Waals surface area contributed by atoms with Crippen molar-refractivity contribution in [3.63, 3.8) is 0 Å². The minimum Gasteiger partial charge on any atom is -0.338 e. The van der Waals surface area contributed by atoms with Crippen molar-refractivity contribution in [1.29, 1.82) is 0 Å². The van der Waals surface area contributed by atoms with Crippen LogP contribution in [0, 0.1) is 6.92 Å². The predicted octanol–water partition coefficient (Wildman–Crippen LogP) is 2.16. The fraction of sp³-hybridized carbons (Fsp3) is 0.333. The van der Waals surface area contributed by atoms with Gasteiger partial charge in [0.25, 0.3) is 0 Å². The molecule has 3 amide bonds. The Labute approximate surface area is 138 Å². The molecule has 0 spiro atoms. The van der Waals surface area contributed by atoms with Crippen molar-refractivity contribution in [1.82, 2.24) is 20.8 Å². The van der Waals surface area contributed by atoms with Crippen LogP contribution in [0.1, 0.15) is 19.4 Å². The summed E-state index contributed by atoms with van der Waals surface area (Å²) in [5.74, 6) is -0.345. The lowest BCUT2D eigenvalue weighted by molar-refractivity contribution is -0.117. The Bertz CT molecular complexity index is 683. The maximum absolute atomic E-state index is 12.0. The molecule has 2 rings (SSSR count). The summed E-state index contributed by atoms with van der Waals surface area (Å²) in [6.07, 6.45) is 0. The topological polar surface area (TPSA) is 96.0 Å². The third kappa shape index (κ3) is 4.75. The molecule has 8 heteroatoms. The molecule has 2 aromatic rings. The van der Waals surface area contributed by atoms with Crippen LogP contribution in [0.4, 0.5) is 9.93 Å². The Balaban J connectivity index is 1.97. The molecular weight excluding hydrogens is 314 g/mol. The van der Waals surface area contributed by atoms with E-state index in [4.69, 9.17) is 0 Å². The predicted molar refractivity (Wildman–Crippen MR) is 90.4 cm³/mol. The van der Waals surface area contributed by atoms with E-state index < -0.39 is 6.04 Å². The highest BCUT2D eigenvalue weighted by atomic mass is 32.1. The molecule has 0 bridgehead atoms. The van der Waals surface area contributed by atoms with E-state index in [0.717, 1.165) is 16.1 Å². The summed E-state index contributed by atoms with van der Waals surface area (Å²) < 4.78 is 0. The largest absolute Gasteiger partial charge is 0.338 e. The number of carbonyl (C=O) groups excluding carboxylic acids is 2. The molecule has 1 aromatic heterocycles. The van der Waals surface area contributed by atoms with Crippen LogP contribution >= 0.6 is 11.3 Å². The van der Waals surface area contributed by atoms with Gasteiger partial charge < -0.3 is 10.6 Å². The normalized spacial score (nSPS) is 11.6. The van der Waals surface area contributed by atoms with Crippen LogP contribution in [0.25, 0.3) is 10.6 Å². The maximum atomic E-state index is 12.0. The molecule has 0 saturated heterocycles. The van der Waals surface area contributed by atoms with Gasteiger partial charge >= 0.3 is 6.03 Å². The van der Waals surface area contributed by atoms with Crippen molar-refractivity contribution in [2.45, 2.75) is 26.8 Å². The second kappa shape index (κ2) is 7.68. The molecule has 0 aliphatic carbocycles. The van der Waals surface area contributed by atoms with Gasteiger partial charge in [-0.05, 0) is 20.8 Å². The van der Waals surface area contributed by atoms with Crippen molar-refractivity contribution in [2.75, 3.05) is 11.9 Å². The number of urea groups is 1. The Morgan fingerprint density at radius 2 is 1.91 bits per heavy atom. The van der Waals surface area contributed by atoms with Crippen LogP contribution in [-0.4, -0.2) is 34.7 Å². The van der Waals surface area contributed by atoms with E-state index in [1.807, 2.05) is 31.2 Å². The summed E-state index contributed by atoms with van der Waals surface area (Å²) in [5, 5.41) is 16.9. The standard InChI is InChI=1S/C15H19N5O2S/c1-4-16-14(22)17-10(3)12(21)18-15-20-19-13(23-15)11-7-5-9(2)6-8-11/h5-8,10H,4H2,1-3H3,(H2,16,17,22)(H,18,20,21). The highest BCUT2D eigenvalue weighted by molar-refractivity contribution is 7.18. The second-order valence-corrected chi connectivity index (χ2v) is 5.97. The second-order valence-electron chi connectivity index (χ2n) is 4.99. The molecule has 1 aromatic carbocycles. The number of aromatic nitrogens is 2. The fourth-order valence-corrected chi connectivity index (χ4v) is 2.53. The SMILES string of the molecule is CCNC(=O)NC(C)C(=O)Nc1nnc(-c2ccc(C)cc2)s1. The van der Waals surface area contributed by atoms with Gasteiger partial charge in [-0.1, -0.05) is 41.2 Å². The maximum Gasteiger partial charge on any atom is 0.315 e. The first-order valence-corrected chi connectivity index (χ1v) is 8.07. The Kier molecular flexibility index (Phi) is 5.64. The highest BCUT2D eigenvalue weighted by Crippen LogP contribution is 2.26. The molecule has 122 valence electrons.